The van der Waals surface area contributed by atoms with Gasteiger partial charge in [0.25, 0.3) is 0 Å². The van der Waals surface area contributed by atoms with Crippen LogP contribution in [-0.2, 0) is 0 Å². The van der Waals surface area contributed by atoms with Crippen molar-refractivity contribution in [3.8, 4) is 16.9 Å². The summed E-state index contributed by atoms with van der Waals surface area (Å²) >= 11 is 0. The van der Waals surface area contributed by atoms with Gasteiger partial charge in [0.05, 0.1) is 16.7 Å². The predicted molar refractivity (Wildman–Crippen MR) is 114 cm³/mol. The molecule has 4 nitrogen and oxygen atoms in total. The Kier molecular flexibility index (Phi) is 3.97. The van der Waals surface area contributed by atoms with Gasteiger partial charge >= 0.3 is 7.12 Å². The first-order valence-corrected chi connectivity index (χ1v) is 9.14. The van der Waals surface area contributed by atoms with Crippen LogP contribution in [0.3, 0.4) is 0 Å². The molecule has 5 aromatic rings. The zero-order chi connectivity index (χ0) is 19.1. The van der Waals surface area contributed by atoms with Gasteiger partial charge < -0.3 is 14.6 Å². The molecule has 2 aromatic heterocycles. The molecule has 5 heteroatoms. The van der Waals surface area contributed by atoms with Crippen LogP contribution in [-0.4, -0.2) is 26.7 Å². The lowest BCUT2D eigenvalue weighted by Crippen LogP contribution is -2.29. The van der Waals surface area contributed by atoms with Crippen LogP contribution >= 0.6 is 0 Å². The first kappa shape index (κ1) is 16.7. The summed E-state index contributed by atoms with van der Waals surface area (Å²) in [5.74, 6) is 0. The van der Waals surface area contributed by atoms with Crippen LogP contribution in [0.2, 0.25) is 0 Å². The minimum atomic E-state index is -1.48. The second kappa shape index (κ2) is 6.64. The molecule has 134 valence electrons. The fraction of sp³-hybridized carbons (Fsp3) is 0. The molecule has 0 bridgehead atoms. The molecule has 0 amide bonds. The molecule has 2 heterocycles. The molecule has 5 rings (SSSR count). The smallest absolute Gasteiger partial charge is 0.423 e. The second-order valence-corrected chi connectivity index (χ2v) is 6.74. The fourth-order valence-corrected chi connectivity index (χ4v) is 3.78. The van der Waals surface area contributed by atoms with E-state index in [-0.39, 0.29) is 0 Å². The first-order valence-electron chi connectivity index (χ1n) is 9.14. The van der Waals surface area contributed by atoms with Gasteiger partial charge in [0.2, 0.25) is 0 Å². The molecule has 3 aromatic carbocycles. The average Bonchev–Trinajstić information content (AvgIpc) is 3.09. The van der Waals surface area contributed by atoms with E-state index in [2.05, 4.69) is 39.9 Å². The van der Waals surface area contributed by atoms with Crippen molar-refractivity contribution in [2.24, 2.45) is 0 Å². The largest absolute Gasteiger partial charge is 0.488 e. The average molecular weight is 364 g/mol. The van der Waals surface area contributed by atoms with Crippen LogP contribution in [0.25, 0.3) is 38.8 Å². The van der Waals surface area contributed by atoms with Crippen molar-refractivity contribution in [1.29, 1.82) is 0 Å². The van der Waals surface area contributed by atoms with E-state index >= 15 is 0 Å². The number of nitrogens with zero attached hydrogens (tertiary/aromatic N) is 2. The maximum absolute atomic E-state index is 9.38. The van der Waals surface area contributed by atoms with Crippen molar-refractivity contribution in [2.45, 2.75) is 0 Å². The van der Waals surface area contributed by atoms with E-state index in [9.17, 15) is 10.0 Å². The van der Waals surface area contributed by atoms with Crippen LogP contribution in [0.4, 0.5) is 0 Å². The van der Waals surface area contributed by atoms with Gasteiger partial charge in [0, 0.05) is 28.2 Å². The maximum atomic E-state index is 9.38. The number of benzene rings is 3. The van der Waals surface area contributed by atoms with Crippen LogP contribution in [0.5, 0.6) is 0 Å². The molecule has 28 heavy (non-hydrogen) atoms. The molecule has 0 aliphatic rings. The van der Waals surface area contributed by atoms with Crippen molar-refractivity contribution < 1.29 is 10.0 Å². The van der Waals surface area contributed by atoms with E-state index in [0.29, 0.717) is 5.46 Å². The van der Waals surface area contributed by atoms with Crippen molar-refractivity contribution in [1.82, 2.24) is 9.55 Å². The molecule has 0 atom stereocenters. The van der Waals surface area contributed by atoms with Crippen molar-refractivity contribution in [2.75, 3.05) is 0 Å². The van der Waals surface area contributed by atoms with Crippen LogP contribution in [0.15, 0.2) is 91.1 Å². The predicted octanol–water partition coefficient (Wildman–Crippen LogP) is 3.53. The Labute approximate surface area is 162 Å². The molecule has 0 saturated heterocycles. The van der Waals surface area contributed by atoms with Gasteiger partial charge in [-0.25, -0.2) is 0 Å². The Morgan fingerprint density at radius 1 is 0.714 bits per heavy atom. The number of aromatic nitrogens is 2. The first-order chi connectivity index (χ1) is 13.7. The molecule has 0 fully saturated rings. The molecule has 0 saturated carbocycles. The van der Waals surface area contributed by atoms with Crippen molar-refractivity contribution >= 4 is 34.4 Å². The van der Waals surface area contributed by atoms with Crippen molar-refractivity contribution in [3.05, 3.63) is 91.1 Å². The number of hydrogen-bond donors (Lipinski definition) is 2. The van der Waals surface area contributed by atoms with Gasteiger partial charge in [-0.05, 0) is 29.7 Å². The van der Waals surface area contributed by atoms with Crippen molar-refractivity contribution in [3.63, 3.8) is 0 Å². The quantitative estimate of drug-likeness (QED) is 0.482. The summed E-state index contributed by atoms with van der Waals surface area (Å²) < 4.78 is 2.24. The third-order valence-corrected chi connectivity index (χ3v) is 5.08. The molecule has 0 unspecified atom stereocenters. The highest BCUT2D eigenvalue weighted by Gasteiger charge is 2.17. The highest BCUT2D eigenvalue weighted by atomic mass is 16.4. The molecular weight excluding hydrogens is 347 g/mol. The molecule has 0 aliphatic carbocycles. The minimum Gasteiger partial charge on any atom is -0.423 e. The third-order valence-electron chi connectivity index (χ3n) is 5.08. The summed E-state index contributed by atoms with van der Waals surface area (Å²) in [7, 11) is -1.48. The second-order valence-electron chi connectivity index (χ2n) is 6.74. The highest BCUT2D eigenvalue weighted by Crippen LogP contribution is 2.36. The summed E-state index contributed by atoms with van der Waals surface area (Å²) in [6, 6.07) is 27.8. The molecule has 2 N–H and O–H groups in total. The lowest BCUT2D eigenvalue weighted by atomic mass is 9.80. The van der Waals surface area contributed by atoms with Gasteiger partial charge in [-0.15, -0.1) is 0 Å². The summed E-state index contributed by atoms with van der Waals surface area (Å²) in [6.45, 7) is 0. The molecule has 0 aliphatic heterocycles. The fourth-order valence-electron chi connectivity index (χ4n) is 3.78. The Bertz CT molecular complexity index is 1280. The number of para-hydroxylation sites is 2. The van der Waals surface area contributed by atoms with Crippen LogP contribution in [0, 0.1) is 0 Å². The molecule has 0 radical (unpaired) electrons. The van der Waals surface area contributed by atoms with Gasteiger partial charge in [0.1, 0.15) is 0 Å². The van der Waals surface area contributed by atoms with E-state index in [1.165, 1.54) is 5.39 Å². The summed E-state index contributed by atoms with van der Waals surface area (Å²) in [5, 5.41) is 21.1. The Morgan fingerprint density at radius 2 is 1.43 bits per heavy atom. The summed E-state index contributed by atoms with van der Waals surface area (Å²) in [6.07, 6.45) is 1.83. The molecular formula is C23H17BN2O2. The van der Waals surface area contributed by atoms with Gasteiger partial charge in [0.15, 0.2) is 0 Å². The third kappa shape index (κ3) is 2.61. The number of rotatable bonds is 3. The maximum Gasteiger partial charge on any atom is 0.488 e. The number of fused-ring (bicyclic) bond motifs is 3. The Balaban J connectivity index is 1.87. The van der Waals surface area contributed by atoms with E-state index in [4.69, 9.17) is 0 Å². The van der Waals surface area contributed by atoms with Gasteiger partial charge in [-0.2, -0.15) is 0 Å². The topological polar surface area (TPSA) is 58.3 Å². The zero-order valence-corrected chi connectivity index (χ0v) is 15.0. The van der Waals surface area contributed by atoms with Gasteiger partial charge in [-0.1, -0.05) is 60.7 Å². The van der Waals surface area contributed by atoms with Crippen LogP contribution in [0.1, 0.15) is 0 Å². The van der Waals surface area contributed by atoms with E-state index in [0.717, 1.165) is 33.4 Å². The van der Waals surface area contributed by atoms with E-state index in [1.807, 2.05) is 48.7 Å². The number of pyridine rings is 1. The molecule has 0 spiro atoms. The normalized spacial score (nSPS) is 11.2. The van der Waals surface area contributed by atoms with Crippen LogP contribution < -0.4 is 5.46 Å². The standard InChI is InChI=1S/C23H17BN2O2/c27-24(28)17-12-10-16(11-13-17)22-23-20(14-15-25-22)19-8-4-5-9-21(19)26(23)18-6-2-1-3-7-18/h1-15,27-28H. The Hall–Kier alpha value is -3.41. The highest BCUT2D eigenvalue weighted by molar-refractivity contribution is 6.58. The zero-order valence-electron chi connectivity index (χ0n) is 15.0. The summed E-state index contributed by atoms with van der Waals surface area (Å²) in [5.41, 5.74) is 5.48. The Morgan fingerprint density at radius 3 is 2.18 bits per heavy atom. The monoisotopic (exact) mass is 364 g/mol. The minimum absolute atomic E-state index is 0.458. The lowest BCUT2D eigenvalue weighted by Gasteiger charge is -2.11. The number of hydrogen-bond acceptors (Lipinski definition) is 3. The van der Waals surface area contributed by atoms with E-state index in [1.54, 1.807) is 12.1 Å². The SMILES string of the molecule is OB(O)c1ccc(-c2nccc3c4ccccc4n(-c4ccccc4)c23)cc1. The van der Waals surface area contributed by atoms with Gasteiger partial charge in [-0.3, -0.25) is 4.98 Å². The van der Waals surface area contributed by atoms with E-state index < -0.39 is 7.12 Å². The lowest BCUT2D eigenvalue weighted by molar-refractivity contribution is 0.426. The summed E-state index contributed by atoms with van der Waals surface area (Å²) in [4.78, 5) is 4.69.